The first-order valence-corrected chi connectivity index (χ1v) is 9.75. The molecule has 3 aliphatic rings. The topological polar surface area (TPSA) is 66.0 Å². The molecule has 4 rings (SSSR count). The van der Waals surface area contributed by atoms with E-state index in [1.165, 1.54) is 41.3 Å². The normalized spacial score (nSPS) is 23.6. The lowest BCUT2D eigenvalue weighted by atomic mass is 9.77. The molecule has 3 heterocycles. The van der Waals surface area contributed by atoms with E-state index in [-0.39, 0.29) is 36.8 Å². The van der Waals surface area contributed by atoms with E-state index in [9.17, 15) is 4.79 Å². The minimum absolute atomic E-state index is 0. The smallest absolute Gasteiger partial charge is 0.237 e. The van der Waals surface area contributed by atoms with Gasteiger partial charge in [0.2, 0.25) is 5.91 Å². The Morgan fingerprint density at radius 3 is 2.84 bits per heavy atom. The average molecular weight is 407 g/mol. The summed E-state index contributed by atoms with van der Waals surface area (Å²) in [5.74, 6) is 0.171. The fourth-order valence-electron chi connectivity index (χ4n) is 4.21. The molecule has 2 fully saturated rings. The number of carbonyl (C=O) groups is 1. The van der Waals surface area contributed by atoms with Crippen LogP contribution in [0.15, 0.2) is 0 Å². The van der Waals surface area contributed by atoms with Crippen LogP contribution in [0.5, 0.6) is 0 Å². The van der Waals surface area contributed by atoms with Gasteiger partial charge >= 0.3 is 0 Å². The van der Waals surface area contributed by atoms with Crippen LogP contribution in [-0.2, 0) is 24.1 Å². The van der Waals surface area contributed by atoms with Gasteiger partial charge in [-0.2, -0.15) is 0 Å². The number of carbonyl (C=O) groups excluding carboxylic acids is 1. The predicted molar refractivity (Wildman–Crippen MR) is 106 cm³/mol. The molecule has 1 unspecified atom stereocenters. The number of fused-ring (bicyclic) bond motifs is 1. The van der Waals surface area contributed by atoms with Crippen LogP contribution >= 0.6 is 36.2 Å². The van der Waals surface area contributed by atoms with E-state index in [1.54, 1.807) is 0 Å². The molecule has 2 saturated heterocycles. The highest BCUT2D eigenvalue weighted by Gasteiger charge is 2.41. The predicted octanol–water partition coefficient (Wildman–Crippen LogP) is 1.87. The van der Waals surface area contributed by atoms with Crippen LogP contribution < -0.4 is 16.0 Å². The first-order valence-electron chi connectivity index (χ1n) is 8.93. The van der Waals surface area contributed by atoms with Crippen LogP contribution in [0.1, 0.15) is 41.3 Å². The van der Waals surface area contributed by atoms with Gasteiger partial charge in [0.1, 0.15) is 0 Å². The van der Waals surface area contributed by atoms with E-state index in [2.05, 4.69) is 16.0 Å². The largest absolute Gasteiger partial charge is 0.354 e. The van der Waals surface area contributed by atoms with Gasteiger partial charge in [-0.3, -0.25) is 4.79 Å². The molecule has 0 bridgehead atoms. The lowest BCUT2D eigenvalue weighted by Crippen LogP contribution is -2.41. The summed E-state index contributed by atoms with van der Waals surface area (Å²) in [7, 11) is 0. The van der Waals surface area contributed by atoms with Crippen molar-refractivity contribution in [3.8, 4) is 0 Å². The molecule has 1 amide bonds. The first kappa shape index (κ1) is 20.9. The molecule has 1 aromatic rings. The summed E-state index contributed by atoms with van der Waals surface area (Å²) >= 11 is 1.84. The molecule has 1 atom stereocenters. The maximum absolute atomic E-state index is 12.4. The number of nitrogens with one attached hydrogen (secondary N) is 3. The van der Waals surface area contributed by atoms with E-state index in [1.807, 2.05) is 11.3 Å². The molecule has 0 radical (unpaired) electrons. The molecule has 0 saturated carbocycles. The molecular formula is C17H28Cl2N4OS. The molecule has 1 spiro atoms. The fraction of sp³-hybridized carbons (Fsp3) is 0.765. The molecule has 0 aromatic carbocycles. The third-order valence-corrected chi connectivity index (χ3v) is 6.84. The lowest BCUT2D eigenvalue weighted by molar-refractivity contribution is -0.122. The summed E-state index contributed by atoms with van der Waals surface area (Å²) in [6, 6.07) is -0.00518. The lowest BCUT2D eigenvalue weighted by Gasteiger charge is -2.33. The molecule has 3 N–H and O–H groups in total. The number of nitrogens with zero attached hydrogens (tertiary/aromatic N) is 1. The first-order chi connectivity index (χ1) is 11.2. The Morgan fingerprint density at radius 2 is 2.08 bits per heavy atom. The summed E-state index contributed by atoms with van der Waals surface area (Å²) in [5.41, 5.74) is 1.66. The van der Waals surface area contributed by atoms with Crippen molar-refractivity contribution in [1.29, 1.82) is 0 Å². The van der Waals surface area contributed by atoms with E-state index < -0.39 is 0 Å². The number of rotatable bonds is 4. The van der Waals surface area contributed by atoms with Crippen molar-refractivity contribution in [2.75, 3.05) is 26.2 Å². The zero-order valence-corrected chi connectivity index (χ0v) is 16.9. The third-order valence-electron chi connectivity index (χ3n) is 5.62. The maximum Gasteiger partial charge on any atom is 0.237 e. The van der Waals surface area contributed by atoms with Gasteiger partial charge < -0.3 is 16.0 Å². The van der Waals surface area contributed by atoms with Gasteiger partial charge in [0.15, 0.2) is 0 Å². The van der Waals surface area contributed by atoms with E-state index in [4.69, 9.17) is 4.98 Å². The number of hydrogen-bond acceptors (Lipinski definition) is 5. The van der Waals surface area contributed by atoms with Crippen LogP contribution in [0.2, 0.25) is 0 Å². The van der Waals surface area contributed by atoms with Crippen molar-refractivity contribution in [2.45, 2.75) is 51.0 Å². The number of piperidine rings is 1. The maximum atomic E-state index is 12.4. The number of hydrogen-bond donors (Lipinski definition) is 3. The zero-order chi connectivity index (χ0) is 15.7. The standard InChI is InChI=1S/C17H26N4OS.2ClH/c22-16(13-10-17(11-20-13)5-8-18-9-6-17)19-7-4-15-21-12-2-1-3-14(12)23-15;;/h13,18,20H,1-11H2,(H,19,22);2*1H. The summed E-state index contributed by atoms with van der Waals surface area (Å²) in [6.07, 6.45) is 7.83. The summed E-state index contributed by atoms with van der Waals surface area (Å²) < 4.78 is 0. The van der Waals surface area contributed by atoms with Crippen molar-refractivity contribution in [2.24, 2.45) is 5.41 Å². The highest BCUT2D eigenvalue weighted by atomic mass is 35.5. The number of aromatic nitrogens is 1. The van der Waals surface area contributed by atoms with Gasteiger partial charge in [0.05, 0.1) is 16.7 Å². The fourth-order valence-corrected chi connectivity index (χ4v) is 5.36. The second-order valence-electron chi connectivity index (χ2n) is 7.26. The summed E-state index contributed by atoms with van der Waals surface area (Å²) in [4.78, 5) is 18.6. The molecular weight excluding hydrogens is 379 g/mol. The minimum atomic E-state index is -0.00518. The Morgan fingerprint density at radius 1 is 1.28 bits per heavy atom. The van der Waals surface area contributed by atoms with Crippen molar-refractivity contribution < 1.29 is 4.79 Å². The quantitative estimate of drug-likeness (QED) is 0.713. The van der Waals surface area contributed by atoms with Crippen LogP contribution in [0.3, 0.4) is 0 Å². The average Bonchev–Trinajstić information content (AvgIpc) is 3.23. The SMILES string of the molecule is Cl.Cl.O=C(NCCc1nc2c(s1)CCC2)C1CC2(CCNCC2)CN1. The second-order valence-corrected chi connectivity index (χ2v) is 8.43. The van der Waals surface area contributed by atoms with Crippen LogP contribution in [0, 0.1) is 5.41 Å². The monoisotopic (exact) mass is 406 g/mol. The van der Waals surface area contributed by atoms with E-state index >= 15 is 0 Å². The van der Waals surface area contributed by atoms with Crippen molar-refractivity contribution in [3.05, 3.63) is 15.6 Å². The van der Waals surface area contributed by atoms with E-state index in [0.29, 0.717) is 12.0 Å². The Hall–Kier alpha value is -0.400. The van der Waals surface area contributed by atoms with Gasteiger partial charge in [0.25, 0.3) is 0 Å². The Labute approximate surface area is 166 Å². The van der Waals surface area contributed by atoms with Crippen LogP contribution in [0.4, 0.5) is 0 Å². The molecule has 2 aliphatic heterocycles. The highest BCUT2D eigenvalue weighted by molar-refractivity contribution is 7.11. The highest BCUT2D eigenvalue weighted by Crippen LogP contribution is 2.37. The molecule has 8 heteroatoms. The number of halogens is 2. The number of thiazole rings is 1. The molecule has 1 aliphatic carbocycles. The van der Waals surface area contributed by atoms with Gasteiger partial charge in [-0.25, -0.2) is 4.98 Å². The molecule has 5 nitrogen and oxygen atoms in total. The Bertz CT molecular complexity index is 568. The zero-order valence-electron chi connectivity index (χ0n) is 14.4. The molecule has 1 aromatic heterocycles. The Balaban J connectivity index is 0.00000113. The molecule has 25 heavy (non-hydrogen) atoms. The number of amides is 1. The van der Waals surface area contributed by atoms with Gasteiger partial charge in [-0.15, -0.1) is 36.2 Å². The summed E-state index contributed by atoms with van der Waals surface area (Å²) in [5, 5.41) is 11.2. The Kier molecular flexibility index (Phi) is 7.52. The van der Waals surface area contributed by atoms with Gasteiger partial charge in [-0.1, -0.05) is 0 Å². The van der Waals surface area contributed by atoms with Gasteiger partial charge in [-0.05, 0) is 57.0 Å². The van der Waals surface area contributed by atoms with Gasteiger partial charge in [0, 0.05) is 24.4 Å². The number of aryl methyl sites for hydroxylation is 2. The second kappa shape index (κ2) is 9.00. The van der Waals surface area contributed by atoms with E-state index in [0.717, 1.165) is 38.9 Å². The van der Waals surface area contributed by atoms with Crippen LogP contribution in [-0.4, -0.2) is 43.1 Å². The molecule has 142 valence electrons. The van der Waals surface area contributed by atoms with Crippen LogP contribution in [0.25, 0.3) is 0 Å². The summed E-state index contributed by atoms with van der Waals surface area (Å²) in [6.45, 7) is 3.87. The van der Waals surface area contributed by atoms with Crippen molar-refractivity contribution >= 4 is 42.1 Å². The van der Waals surface area contributed by atoms with Crippen molar-refractivity contribution in [1.82, 2.24) is 20.9 Å². The van der Waals surface area contributed by atoms with Crippen molar-refractivity contribution in [3.63, 3.8) is 0 Å². The third kappa shape index (κ3) is 4.66. The minimum Gasteiger partial charge on any atom is -0.354 e.